The van der Waals surface area contributed by atoms with Gasteiger partial charge in [0.05, 0.1) is 5.41 Å². The minimum Gasteiger partial charge on any atom is -0.444 e. The lowest BCUT2D eigenvalue weighted by atomic mass is 9.84. The lowest BCUT2D eigenvalue weighted by Gasteiger charge is -2.35. The largest absolute Gasteiger partial charge is 0.444 e. The molecule has 0 aromatic carbocycles. The fourth-order valence-electron chi connectivity index (χ4n) is 4.28. The summed E-state index contributed by atoms with van der Waals surface area (Å²) in [4.78, 5) is 35.0. The van der Waals surface area contributed by atoms with Crippen LogP contribution in [0.1, 0.15) is 46.5 Å². The molecule has 2 aliphatic rings. The average molecular weight is 439 g/mol. The van der Waals surface area contributed by atoms with Crippen molar-refractivity contribution in [1.82, 2.24) is 25.3 Å². The van der Waals surface area contributed by atoms with Crippen LogP contribution in [0.15, 0.2) is 4.99 Å². The first-order valence-corrected chi connectivity index (χ1v) is 11.4. The molecular weight excluding hydrogens is 396 g/mol. The Morgan fingerprint density at radius 2 is 1.68 bits per heavy atom. The third kappa shape index (κ3) is 7.55. The van der Waals surface area contributed by atoms with Crippen molar-refractivity contribution < 1.29 is 14.3 Å². The fourth-order valence-corrected chi connectivity index (χ4v) is 4.28. The zero-order chi connectivity index (χ0) is 23.1. The van der Waals surface area contributed by atoms with Crippen molar-refractivity contribution in [3.05, 3.63) is 0 Å². The summed E-state index contributed by atoms with van der Waals surface area (Å²) in [5.74, 6) is 0.932. The molecule has 1 aliphatic carbocycles. The van der Waals surface area contributed by atoms with Gasteiger partial charge in [0.15, 0.2) is 5.96 Å². The summed E-state index contributed by atoms with van der Waals surface area (Å²) >= 11 is 0. The van der Waals surface area contributed by atoms with Gasteiger partial charge in [0, 0.05) is 67.0 Å². The maximum absolute atomic E-state index is 12.7. The van der Waals surface area contributed by atoms with Gasteiger partial charge in [-0.1, -0.05) is 12.8 Å². The second-order valence-corrected chi connectivity index (χ2v) is 9.85. The molecule has 0 aromatic rings. The minimum atomic E-state index is -0.463. The number of rotatable bonds is 6. The first-order valence-electron chi connectivity index (χ1n) is 11.4. The number of carbonyl (C=O) groups is 2. The quantitative estimate of drug-likeness (QED) is 0.481. The minimum absolute atomic E-state index is 0.204. The highest BCUT2D eigenvalue weighted by atomic mass is 16.6. The molecule has 1 saturated heterocycles. The van der Waals surface area contributed by atoms with Crippen molar-refractivity contribution >= 4 is 18.0 Å². The molecule has 1 saturated carbocycles. The lowest BCUT2D eigenvalue weighted by molar-refractivity contribution is -0.138. The van der Waals surface area contributed by atoms with E-state index in [0.717, 1.165) is 57.8 Å². The molecule has 9 nitrogen and oxygen atoms in total. The smallest absolute Gasteiger partial charge is 0.410 e. The van der Waals surface area contributed by atoms with Gasteiger partial charge in [-0.05, 0) is 33.6 Å². The van der Waals surface area contributed by atoms with E-state index in [9.17, 15) is 9.59 Å². The standard InChI is InChI=1S/C22H42N6O3/c1-21(2,3)31-20(30)28-15-13-27(14-16-28)12-11-24-19(23-4)25-17-22(9-7-8-10-22)18(29)26(5)6/h7-17H2,1-6H3,(H2,23,24,25). The number of guanidine groups is 1. The number of carbonyl (C=O) groups excluding carboxylic acids is 2. The number of amides is 2. The molecule has 2 fully saturated rings. The van der Waals surface area contributed by atoms with Crippen LogP contribution in [-0.2, 0) is 9.53 Å². The Labute approximate surface area is 187 Å². The molecule has 0 bridgehead atoms. The van der Waals surface area contributed by atoms with Crippen LogP contribution in [0.2, 0.25) is 0 Å². The van der Waals surface area contributed by atoms with E-state index in [1.54, 1.807) is 16.8 Å². The van der Waals surface area contributed by atoms with Gasteiger partial charge in [0.1, 0.15) is 5.60 Å². The van der Waals surface area contributed by atoms with Crippen molar-refractivity contribution in [2.45, 2.75) is 52.1 Å². The Bertz CT molecular complexity index is 630. The van der Waals surface area contributed by atoms with Crippen LogP contribution in [0.25, 0.3) is 0 Å². The van der Waals surface area contributed by atoms with Crippen LogP contribution in [0.5, 0.6) is 0 Å². The van der Waals surface area contributed by atoms with Gasteiger partial charge >= 0.3 is 6.09 Å². The van der Waals surface area contributed by atoms with Crippen LogP contribution in [0.3, 0.4) is 0 Å². The molecule has 178 valence electrons. The highest BCUT2D eigenvalue weighted by molar-refractivity contribution is 5.85. The van der Waals surface area contributed by atoms with Gasteiger partial charge in [-0.15, -0.1) is 0 Å². The molecule has 0 unspecified atom stereocenters. The van der Waals surface area contributed by atoms with Crippen molar-refractivity contribution in [2.24, 2.45) is 10.4 Å². The van der Waals surface area contributed by atoms with Crippen molar-refractivity contribution in [3.63, 3.8) is 0 Å². The maximum atomic E-state index is 12.7. The van der Waals surface area contributed by atoms with E-state index in [-0.39, 0.29) is 17.4 Å². The Hall–Kier alpha value is -2.03. The second kappa shape index (κ2) is 11.0. The zero-order valence-electron chi connectivity index (χ0n) is 20.3. The zero-order valence-corrected chi connectivity index (χ0v) is 20.3. The first kappa shape index (κ1) is 25.2. The summed E-state index contributed by atoms with van der Waals surface area (Å²) in [5, 5.41) is 6.73. The van der Waals surface area contributed by atoms with E-state index in [1.165, 1.54) is 0 Å². The van der Waals surface area contributed by atoms with E-state index in [0.29, 0.717) is 19.6 Å². The number of hydrogen-bond donors (Lipinski definition) is 2. The molecule has 1 aliphatic heterocycles. The Balaban J connectivity index is 1.72. The number of aliphatic imine (C=N–C) groups is 1. The van der Waals surface area contributed by atoms with E-state index >= 15 is 0 Å². The molecule has 0 atom stereocenters. The fraction of sp³-hybridized carbons (Fsp3) is 0.864. The summed E-state index contributed by atoms with van der Waals surface area (Å²) < 4.78 is 5.45. The van der Waals surface area contributed by atoms with Gasteiger partial charge in [-0.3, -0.25) is 14.7 Å². The molecule has 9 heteroatoms. The second-order valence-electron chi connectivity index (χ2n) is 9.85. The van der Waals surface area contributed by atoms with Crippen molar-refractivity contribution in [3.8, 4) is 0 Å². The van der Waals surface area contributed by atoms with Crippen LogP contribution in [-0.4, -0.2) is 105 Å². The number of nitrogens with zero attached hydrogens (tertiary/aromatic N) is 4. The van der Waals surface area contributed by atoms with Gasteiger partial charge in [0.25, 0.3) is 0 Å². The maximum Gasteiger partial charge on any atom is 0.410 e. The van der Waals surface area contributed by atoms with Gasteiger partial charge < -0.3 is 25.2 Å². The molecule has 2 amide bonds. The van der Waals surface area contributed by atoms with Crippen LogP contribution in [0.4, 0.5) is 4.79 Å². The third-order valence-electron chi connectivity index (χ3n) is 5.98. The SMILES string of the molecule is CN=C(NCCN1CCN(C(=O)OC(C)(C)C)CC1)NCC1(C(=O)N(C)C)CCCC1. The van der Waals surface area contributed by atoms with Crippen LogP contribution < -0.4 is 10.6 Å². The lowest BCUT2D eigenvalue weighted by Crippen LogP contribution is -2.52. The highest BCUT2D eigenvalue weighted by Gasteiger charge is 2.42. The summed E-state index contributed by atoms with van der Waals surface area (Å²) in [5.41, 5.74) is -0.783. The number of nitrogens with one attached hydrogen (secondary N) is 2. The van der Waals surface area contributed by atoms with E-state index in [4.69, 9.17) is 4.74 Å². The molecule has 2 rings (SSSR count). The number of piperazine rings is 1. The Morgan fingerprint density at radius 1 is 1.06 bits per heavy atom. The third-order valence-corrected chi connectivity index (χ3v) is 5.98. The topological polar surface area (TPSA) is 89.5 Å². The van der Waals surface area contributed by atoms with Crippen LogP contribution >= 0.6 is 0 Å². The van der Waals surface area contributed by atoms with Gasteiger partial charge in [-0.2, -0.15) is 0 Å². The predicted octanol–water partition coefficient (Wildman–Crippen LogP) is 1.35. The highest BCUT2D eigenvalue weighted by Crippen LogP contribution is 2.38. The Kier molecular flexibility index (Phi) is 8.97. The molecule has 0 aromatic heterocycles. The predicted molar refractivity (Wildman–Crippen MR) is 123 cm³/mol. The van der Waals surface area contributed by atoms with E-state index in [1.807, 2.05) is 34.9 Å². The average Bonchev–Trinajstić information content (AvgIpc) is 3.19. The van der Waals surface area contributed by atoms with Crippen LogP contribution in [0, 0.1) is 5.41 Å². The van der Waals surface area contributed by atoms with E-state index < -0.39 is 5.60 Å². The van der Waals surface area contributed by atoms with E-state index in [2.05, 4.69) is 20.5 Å². The summed E-state index contributed by atoms with van der Waals surface area (Å²) in [7, 11) is 5.42. The first-order chi connectivity index (χ1) is 14.6. The Morgan fingerprint density at radius 3 is 2.19 bits per heavy atom. The van der Waals surface area contributed by atoms with Crippen molar-refractivity contribution in [1.29, 1.82) is 0 Å². The van der Waals surface area contributed by atoms with Gasteiger partial charge in [0.2, 0.25) is 5.91 Å². The molecule has 0 radical (unpaired) electrons. The monoisotopic (exact) mass is 438 g/mol. The number of hydrogen-bond acceptors (Lipinski definition) is 5. The molecule has 0 spiro atoms. The molecular formula is C22H42N6O3. The summed E-state index contributed by atoms with van der Waals surface area (Å²) in [6.45, 7) is 10.9. The summed E-state index contributed by atoms with van der Waals surface area (Å²) in [6.07, 6.45) is 3.82. The molecule has 2 N–H and O–H groups in total. The normalized spacial score (nSPS) is 19.8. The number of ether oxygens (including phenoxy) is 1. The summed E-state index contributed by atoms with van der Waals surface area (Å²) in [6, 6.07) is 0. The molecule has 31 heavy (non-hydrogen) atoms. The van der Waals surface area contributed by atoms with Crippen molar-refractivity contribution in [2.75, 3.05) is 67.0 Å². The van der Waals surface area contributed by atoms with Gasteiger partial charge in [-0.25, -0.2) is 4.79 Å². The molecule has 1 heterocycles.